The molecule has 1 fully saturated rings. The van der Waals surface area contributed by atoms with Crippen LogP contribution >= 0.6 is 0 Å². The van der Waals surface area contributed by atoms with Gasteiger partial charge in [0, 0.05) is 49.5 Å². The number of fused-ring (bicyclic) bond motifs is 1. The summed E-state index contributed by atoms with van der Waals surface area (Å²) in [5.41, 5.74) is 1.72. The van der Waals surface area contributed by atoms with E-state index in [2.05, 4.69) is 5.32 Å². The SMILES string of the molecule is COc1ccc(N[C@@H]2CCCN(C(=O)c3cn(C)c4ccccc4c3=O)C2)cc1OC. The van der Waals surface area contributed by atoms with Crippen LogP contribution in [0, 0.1) is 0 Å². The van der Waals surface area contributed by atoms with Gasteiger partial charge in [0.05, 0.1) is 19.7 Å². The first-order valence-electron chi connectivity index (χ1n) is 10.4. The minimum atomic E-state index is -0.217. The van der Waals surface area contributed by atoms with Gasteiger partial charge in [0.1, 0.15) is 5.56 Å². The molecule has 0 bridgehead atoms. The predicted molar refractivity (Wildman–Crippen MR) is 121 cm³/mol. The largest absolute Gasteiger partial charge is 0.493 e. The monoisotopic (exact) mass is 421 g/mol. The van der Waals surface area contributed by atoms with Gasteiger partial charge in [-0.15, -0.1) is 0 Å². The van der Waals surface area contributed by atoms with Crippen molar-refractivity contribution in [1.29, 1.82) is 0 Å². The lowest BCUT2D eigenvalue weighted by atomic mass is 10.0. The average Bonchev–Trinajstić information content (AvgIpc) is 2.81. The summed E-state index contributed by atoms with van der Waals surface area (Å²) >= 11 is 0. The molecule has 0 saturated carbocycles. The number of aromatic nitrogens is 1. The van der Waals surface area contributed by atoms with Gasteiger partial charge < -0.3 is 24.3 Å². The zero-order valence-corrected chi connectivity index (χ0v) is 18.1. The summed E-state index contributed by atoms with van der Waals surface area (Å²) in [5.74, 6) is 1.10. The van der Waals surface area contributed by atoms with Crippen molar-refractivity contribution in [2.24, 2.45) is 7.05 Å². The number of pyridine rings is 1. The Morgan fingerprint density at radius 2 is 1.87 bits per heavy atom. The molecule has 7 nitrogen and oxygen atoms in total. The van der Waals surface area contributed by atoms with E-state index in [1.807, 2.05) is 48.0 Å². The first-order chi connectivity index (χ1) is 15.0. The van der Waals surface area contributed by atoms with E-state index in [-0.39, 0.29) is 22.9 Å². The third-order valence-corrected chi connectivity index (χ3v) is 5.79. The van der Waals surface area contributed by atoms with Crippen LogP contribution in [0.1, 0.15) is 23.2 Å². The zero-order valence-electron chi connectivity index (χ0n) is 18.1. The van der Waals surface area contributed by atoms with Crippen LogP contribution in [0.15, 0.2) is 53.5 Å². The number of benzene rings is 2. The van der Waals surface area contributed by atoms with Crippen molar-refractivity contribution in [3.63, 3.8) is 0 Å². The minimum absolute atomic E-state index is 0.0834. The molecule has 1 aliphatic rings. The van der Waals surface area contributed by atoms with Gasteiger partial charge in [-0.3, -0.25) is 9.59 Å². The Balaban J connectivity index is 1.54. The number of para-hydroxylation sites is 1. The second-order valence-electron chi connectivity index (χ2n) is 7.80. The summed E-state index contributed by atoms with van der Waals surface area (Å²) in [6.45, 7) is 1.17. The topological polar surface area (TPSA) is 72.8 Å². The summed E-state index contributed by atoms with van der Waals surface area (Å²) < 4.78 is 12.5. The van der Waals surface area contributed by atoms with Crippen LogP contribution in [0.5, 0.6) is 11.5 Å². The first-order valence-corrected chi connectivity index (χ1v) is 10.4. The first kappa shape index (κ1) is 20.8. The third kappa shape index (κ3) is 4.08. The van der Waals surface area contributed by atoms with E-state index in [0.717, 1.165) is 24.0 Å². The second-order valence-corrected chi connectivity index (χ2v) is 7.80. The lowest BCUT2D eigenvalue weighted by molar-refractivity contribution is 0.0713. The number of hydrogen-bond donors (Lipinski definition) is 1. The highest BCUT2D eigenvalue weighted by atomic mass is 16.5. The van der Waals surface area contributed by atoms with Crippen LogP contribution in [0.2, 0.25) is 0 Å². The average molecular weight is 421 g/mol. The number of rotatable bonds is 5. The summed E-state index contributed by atoms with van der Waals surface area (Å²) in [6.07, 6.45) is 3.46. The Labute approximate surface area is 181 Å². The van der Waals surface area contributed by atoms with Gasteiger partial charge >= 0.3 is 0 Å². The molecule has 4 rings (SSSR count). The highest BCUT2D eigenvalue weighted by molar-refractivity contribution is 5.97. The van der Waals surface area contributed by atoms with Crippen molar-refractivity contribution >= 4 is 22.5 Å². The van der Waals surface area contributed by atoms with Gasteiger partial charge in [-0.2, -0.15) is 0 Å². The maximum atomic E-state index is 13.2. The summed E-state index contributed by atoms with van der Waals surface area (Å²) in [5, 5.41) is 4.05. The molecule has 2 heterocycles. The Bertz CT molecular complexity index is 1170. The number of anilines is 1. The molecule has 1 amide bonds. The van der Waals surface area contributed by atoms with E-state index in [9.17, 15) is 9.59 Å². The van der Waals surface area contributed by atoms with E-state index >= 15 is 0 Å². The molecule has 0 spiro atoms. The van der Waals surface area contributed by atoms with Crippen LogP contribution in [0.3, 0.4) is 0 Å². The Morgan fingerprint density at radius 1 is 1.10 bits per heavy atom. The number of piperidine rings is 1. The third-order valence-electron chi connectivity index (χ3n) is 5.79. The van der Waals surface area contributed by atoms with Gasteiger partial charge in [-0.05, 0) is 37.1 Å². The fourth-order valence-electron chi connectivity index (χ4n) is 4.20. The molecule has 0 radical (unpaired) electrons. The quantitative estimate of drug-likeness (QED) is 0.685. The Kier molecular flexibility index (Phi) is 5.84. The molecule has 0 unspecified atom stereocenters. The zero-order chi connectivity index (χ0) is 22.0. The van der Waals surface area contributed by atoms with E-state index in [1.165, 1.54) is 0 Å². The molecule has 1 aliphatic heterocycles. The summed E-state index contributed by atoms with van der Waals surface area (Å²) in [6, 6.07) is 13.1. The van der Waals surface area contributed by atoms with Crippen molar-refractivity contribution in [3.05, 3.63) is 64.4 Å². The number of likely N-dealkylation sites (tertiary alicyclic amines) is 1. The lowest BCUT2D eigenvalue weighted by Gasteiger charge is -2.34. The molecule has 0 aliphatic carbocycles. The van der Waals surface area contributed by atoms with E-state index in [4.69, 9.17) is 9.47 Å². The predicted octanol–water partition coefficient (Wildman–Crippen LogP) is 3.27. The normalized spacial score (nSPS) is 16.2. The Hall–Kier alpha value is -3.48. The minimum Gasteiger partial charge on any atom is -0.493 e. The standard InChI is InChI=1S/C24H27N3O4/c1-26-15-19(23(28)18-8-4-5-9-20(18)26)24(29)27-12-6-7-17(14-27)25-16-10-11-21(30-2)22(13-16)31-3/h4-5,8-11,13,15,17,25H,6-7,12,14H2,1-3H3/t17-/m1/s1. The number of amides is 1. The van der Waals surface area contributed by atoms with E-state index < -0.39 is 0 Å². The smallest absolute Gasteiger partial charge is 0.259 e. The van der Waals surface area contributed by atoms with Crippen LogP contribution in [0.4, 0.5) is 5.69 Å². The molecule has 1 atom stereocenters. The maximum absolute atomic E-state index is 13.2. The molecule has 3 aromatic rings. The van der Waals surface area contributed by atoms with Crippen molar-refractivity contribution in [3.8, 4) is 11.5 Å². The van der Waals surface area contributed by atoms with Crippen LogP contribution in [-0.4, -0.2) is 48.7 Å². The number of aryl methyl sites for hydroxylation is 1. The molecule has 162 valence electrons. The van der Waals surface area contributed by atoms with E-state index in [1.54, 1.807) is 31.4 Å². The highest BCUT2D eigenvalue weighted by Gasteiger charge is 2.27. The van der Waals surface area contributed by atoms with Crippen molar-refractivity contribution in [2.75, 3.05) is 32.6 Å². The molecular weight excluding hydrogens is 394 g/mol. The number of carbonyl (C=O) groups is 1. The number of carbonyl (C=O) groups excluding carboxylic acids is 1. The fourth-order valence-corrected chi connectivity index (χ4v) is 4.20. The Morgan fingerprint density at radius 3 is 2.65 bits per heavy atom. The number of methoxy groups -OCH3 is 2. The van der Waals surface area contributed by atoms with Gasteiger partial charge in [0.15, 0.2) is 11.5 Å². The molecular formula is C24H27N3O4. The van der Waals surface area contributed by atoms with Crippen molar-refractivity contribution in [2.45, 2.75) is 18.9 Å². The molecule has 1 N–H and O–H groups in total. The molecule has 2 aromatic carbocycles. The lowest BCUT2D eigenvalue weighted by Crippen LogP contribution is -2.46. The highest BCUT2D eigenvalue weighted by Crippen LogP contribution is 2.30. The van der Waals surface area contributed by atoms with Crippen molar-refractivity contribution < 1.29 is 14.3 Å². The van der Waals surface area contributed by atoms with E-state index in [0.29, 0.717) is 30.0 Å². The molecule has 31 heavy (non-hydrogen) atoms. The second kappa shape index (κ2) is 8.71. The van der Waals surface area contributed by atoms with Crippen LogP contribution < -0.4 is 20.2 Å². The number of ether oxygens (including phenoxy) is 2. The van der Waals surface area contributed by atoms with Gasteiger partial charge in [-0.1, -0.05) is 12.1 Å². The summed E-state index contributed by atoms with van der Waals surface area (Å²) in [7, 11) is 5.07. The van der Waals surface area contributed by atoms with Crippen LogP contribution in [-0.2, 0) is 7.05 Å². The van der Waals surface area contributed by atoms with Gasteiger partial charge in [-0.25, -0.2) is 0 Å². The molecule has 7 heteroatoms. The van der Waals surface area contributed by atoms with Gasteiger partial charge in [0.25, 0.3) is 5.91 Å². The summed E-state index contributed by atoms with van der Waals surface area (Å²) in [4.78, 5) is 28.0. The van der Waals surface area contributed by atoms with Crippen LogP contribution in [0.25, 0.3) is 10.9 Å². The van der Waals surface area contributed by atoms with Crippen molar-refractivity contribution in [1.82, 2.24) is 9.47 Å². The molecule has 1 saturated heterocycles. The molecule has 1 aromatic heterocycles. The van der Waals surface area contributed by atoms with Gasteiger partial charge in [0.2, 0.25) is 5.43 Å². The number of nitrogens with one attached hydrogen (secondary N) is 1. The maximum Gasteiger partial charge on any atom is 0.259 e. The number of hydrogen-bond acceptors (Lipinski definition) is 5. The fraction of sp³-hybridized carbons (Fsp3) is 0.333. The number of nitrogens with zero attached hydrogens (tertiary/aromatic N) is 2.